The van der Waals surface area contributed by atoms with Crippen LogP contribution in [0.1, 0.15) is 39.1 Å². The summed E-state index contributed by atoms with van der Waals surface area (Å²) in [7, 11) is 3.07. The van der Waals surface area contributed by atoms with Crippen molar-refractivity contribution in [2.75, 3.05) is 27.4 Å². The van der Waals surface area contributed by atoms with Gasteiger partial charge in [-0.2, -0.15) is 4.99 Å². The lowest BCUT2D eigenvalue weighted by Crippen LogP contribution is -2.31. The summed E-state index contributed by atoms with van der Waals surface area (Å²) in [5.41, 5.74) is 2.01. The van der Waals surface area contributed by atoms with Crippen LogP contribution < -0.4 is 19.6 Å². The third-order valence-corrected chi connectivity index (χ3v) is 6.37. The van der Waals surface area contributed by atoms with Crippen LogP contribution in [0.2, 0.25) is 0 Å². The first kappa shape index (κ1) is 23.7. The number of aromatic nitrogens is 1. The highest BCUT2D eigenvalue weighted by molar-refractivity contribution is 7.07. The third kappa shape index (κ3) is 5.73. The molecular formula is C25H27N3O5S. The van der Waals surface area contributed by atoms with E-state index >= 15 is 0 Å². The van der Waals surface area contributed by atoms with Crippen LogP contribution in [0, 0.1) is 0 Å². The van der Waals surface area contributed by atoms with Gasteiger partial charge in [-0.15, -0.1) is 11.3 Å². The Morgan fingerprint density at radius 3 is 2.59 bits per heavy atom. The predicted octanol–water partition coefficient (Wildman–Crippen LogP) is 3.27. The van der Waals surface area contributed by atoms with Gasteiger partial charge in [0, 0.05) is 42.4 Å². The van der Waals surface area contributed by atoms with Crippen LogP contribution in [-0.2, 0) is 11.3 Å². The Morgan fingerprint density at radius 2 is 1.88 bits per heavy atom. The molecule has 0 spiro atoms. The Balaban J connectivity index is 1.43. The van der Waals surface area contributed by atoms with Crippen LogP contribution in [0.4, 0.5) is 0 Å². The number of nitrogens with zero attached hydrogens (tertiary/aromatic N) is 2. The number of rotatable bonds is 8. The maximum Gasteiger partial charge on any atom is 0.279 e. The number of carbonyl (C=O) groups excluding carboxylic acids is 2. The van der Waals surface area contributed by atoms with Crippen molar-refractivity contribution in [2.24, 2.45) is 4.99 Å². The summed E-state index contributed by atoms with van der Waals surface area (Å²) in [4.78, 5) is 30.0. The SMILES string of the molecule is COc1ccc(C(=O)N=c2sccn2Cc2ccc(C(=O)NCC3CCCO3)cc2)cc1OC. The lowest BCUT2D eigenvalue weighted by molar-refractivity contribution is 0.0857. The Bertz CT molecular complexity index is 1210. The fourth-order valence-corrected chi connectivity index (χ4v) is 4.43. The zero-order chi connectivity index (χ0) is 23.9. The summed E-state index contributed by atoms with van der Waals surface area (Å²) in [6.45, 7) is 1.83. The molecule has 1 unspecified atom stereocenters. The molecule has 0 radical (unpaired) electrons. The molecule has 9 heteroatoms. The minimum absolute atomic E-state index is 0.110. The highest BCUT2D eigenvalue weighted by atomic mass is 32.1. The van der Waals surface area contributed by atoms with Crippen molar-refractivity contribution in [3.8, 4) is 11.5 Å². The molecule has 1 aliphatic heterocycles. The minimum Gasteiger partial charge on any atom is -0.493 e. The van der Waals surface area contributed by atoms with Gasteiger partial charge in [-0.1, -0.05) is 12.1 Å². The summed E-state index contributed by atoms with van der Waals surface area (Å²) in [5, 5.41) is 4.81. The zero-order valence-corrected chi connectivity index (χ0v) is 20.0. The van der Waals surface area contributed by atoms with Crippen LogP contribution in [0.3, 0.4) is 0 Å². The lowest BCUT2D eigenvalue weighted by atomic mass is 10.1. The van der Waals surface area contributed by atoms with Crippen LogP contribution in [0.5, 0.6) is 11.5 Å². The number of amides is 2. The summed E-state index contributed by atoms with van der Waals surface area (Å²) in [6.07, 6.45) is 4.03. The van der Waals surface area contributed by atoms with E-state index in [1.54, 1.807) is 37.4 Å². The predicted molar refractivity (Wildman–Crippen MR) is 129 cm³/mol. The van der Waals surface area contributed by atoms with Gasteiger partial charge in [-0.05, 0) is 48.7 Å². The molecule has 0 aliphatic carbocycles. The standard InChI is InChI=1S/C25H27N3O5S/c1-31-21-10-9-19(14-22(21)32-2)24(30)27-25-28(11-13-34-25)16-17-5-7-18(8-6-17)23(29)26-15-20-4-3-12-33-20/h5-11,13-14,20H,3-4,12,15-16H2,1-2H3,(H,26,29). The van der Waals surface area contributed by atoms with E-state index in [0.29, 0.717) is 40.5 Å². The largest absolute Gasteiger partial charge is 0.493 e. The van der Waals surface area contributed by atoms with E-state index in [9.17, 15) is 9.59 Å². The quantitative estimate of drug-likeness (QED) is 0.533. The van der Waals surface area contributed by atoms with Crippen molar-refractivity contribution < 1.29 is 23.8 Å². The van der Waals surface area contributed by atoms with Crippen molar-refractivity contribution in [3.63, 3.8) is 0 Å². The highest BCUT2D eigenvalue weighted by Crippen LogP contribution is 2.27. The van der Waals surface area contributed by atoms with E-state index in [2.05, 4.69) is 10.3 Å². The second-order valence-electron chi connectivity index (χ2n) is 7.84. The first-order valence-electron chi connectivity index (χ1n) is 11.0. The average Bonchev–Trinajstić information content (AvgIpc) is 3.55. The van der Waals surface area contributed by atoms with E-state index in [4.69, 9.17) is 14.2 Å². The molecule has 4 rings (SSSR count). The van der Waals surface area contributed by atoms with E-state index in [1.807, 2.05) is 28.3 Å². The fraction of sp³-hybridized carbons (Fsp3) is 0.320. The van der Waals surface area contributed by atoms with Gasteiger partial charge in [0.1, 0.15) is 0 Å². The molecule has 1 saturated heterocycles. The second-order valence-corrected chi connectivity index (χ2v) is 8.72. The Kier molecular flexibility index (Phi) is 7.76. The van der Waals surface area contributed by atoms with Gasteiger partial charge >= 0.3 is 0 Å². The smallest absolute Gasteiger partial charge is 0.279 e. The zero-order valence-electron chi connectivity index (χ0n) is 19.2. The summed E-state index contributed by atoms with van der Waals surface area (Å²) in [6, 6.07) is 12.4. The molecule has 1 aliphatic rings. The Morgan fingerprint density at radius 1 is 1.12 bits per heavy atom. The van der Waals surface area contributed by atoms with Crippen LogP contribution in [-0.4, -0.2) is 49.9 Å². The average molecular weight is 482 g/mol. The molecule has 2 aromatic carbocycles. The molecule has 0 bridgehead atoms. The van der Waals surface area contributed by atoms with E-state index in [1.165, 1.54) is 18.4 Å². The van der Waals surface area contributed by atoms with Gasteiger partial charge in [-0.3, -0.25) is 9.59 Å². The van der Waals surface area contributed by atoms with Gasteiger partial charge < -0.3 is 24.1 Å². The lowest BCUT2D eigenvalue weighted by Gasteiger charge is -2.11. The first-order valence-corrected chi connectivity index (χ1v) is 11.9. The molecule has 178 valence electrons. The Labute approximate surface area is 201 Å². The fourth-order valence-electron chi connectivity index (χ4n) is 3.70. The van der Waals surface area contributed by atoms with Gasteiger partial charge in [0.05, 0.1) is 20.3 Å². The summed E-state index contributed by atoms with van der Waals surface area (Å²) in [5.74, 6) is 0.550. The number of benzene rings is 2. The number of hydrogen-bond acceptors (Lipinski definition) is 6. The van der Waals surface area contributed by atoms with Gasteiger partial charge in [0.25, 0.3) is 11.8 Å². The summed E-state index contributed by atoms with van der Waals surface area (Å²) >= 11 is 1.38. The molecule has 8 nitrogen and oxygen atoms in total. The van der Waals surface area contributed by atoms with Crippen LogP contribution in [0.15, 0.2) is 59.0 Å². The molecule has 2 heterocycles. The molecule has 1 fully saturated rings. The number of thiazole rings is 1. The Hall–Kier alpha value is -3.43. The number of ether oxygens (including phenoxy) is 3. The van der Waals surface area contributed by atoms with E-state index in [-0.39, 0.29) is 17.9 Å². The number of nitrogens with one attached hydrogen (secondary N) is 1. The molecular weight excluding hydrogens is 454 g/mol. The molecule has 34 heavy (non-hydrogen) atoms. The third-order valence-electron chi connectivity index (χ3n) is 5.57. The van der Waals surface area contributed by atoms with E-state index < -0.39 is 0 Å². The van der Waals surface area contributed by atoms with Crippen molar-refractivity contribution in [1.82, 2.24) is 9.88 Å². The highest BCUT2D eigenvalue weighted by Gasteiger charge is 2.16. The monoisotopic (exact) mass is 481 g/mol. The number of hydrogen-bond donors (Lipinski definition) is 1. The summed E-state index contributed by atoms with van der Waals surface area (Å²) < 4.78 is 17.9. The maximum atomic E-state index is 12.7. The molecule has 1 N–H and O–H groups in total. The van der Waals surface area contributed by atoms with Crippen LogP contribution >= 0.6 is 11.3 Å². The van der Waals surface area contributed by atoms with Crippen molar-refractivity contribution >= 4 is 23.2 Å². The molecule has 1 atom stereocenters. The maximum absolute atomic E-state index is 12.7. The minimum atomic E-state index is -0.365. The van der Waals surface area contributed by atoms with Crippen LogP contribution in [0.25, 0.3) is 0 Å². The van der Waals surface area contributed by atoms with Crippen molar-refractivity contribution in [3.05, 3.63) is 75.5 Å². The van der Waals surface area contributed by atoms with Gasteiger partial charge in [-0.25, -0.2) is 0 Å². The van der Waals surface area contributed by atoms with Gasteiger partial charge in [0.15, 0.2) is 16.3 Å². The molecule has 0 saturated carbocycles. The van der Waals surface area contributed by atoms with Crippen molar-refractivity contribution in [2.45, 2.75) is 25.5 Å². The molecule has 3 aromatic rings. The first-order chi connectivity index (χ1) is 16.6. The number of methoxy groups -OCH3 is 2. The number of carbonyl (C=O) groups is 2. The second kappa shape index (κ2) is 11.1. The molecule has 2 amide bonds. The topological polar surface area (TPSA) is 91.2 Å². The normalized spacial score (nSPS) is 15.8. The van der Waals surface area contributed by atoms with E-state index in [0.717, 1.165) is 25.0 Å². The van der Waals surface area contributed by atoms with Gasteiger partial charge in [0.2, 0.25) is 0 Å². The molecule has 1 aromatic heterocycles. The van der Waals surface area contributed by atoms with Crippen molar-refractivity contribution in [1.29, 1.82) is 0 Å².